The van der Waals surface area contributed by atoms with Crippen molar-refractivity contribution in [3.05, 3.63) is 53.6 Å². The summed E-state index contributed by atoms with van der Waals surface area (Å²) in [7, 11) is 2.25. The third kappa shape index (κ3) is 4.31. The van der Waals surface area contributed by atoms with Crippen molar-refractivity contribution in [2.24, 2.45) is 0 Å². The molecule has 0 saturated carbocycles. The summed E-state index contributed by atoms with van der Waals surface area (Å²) >= 11 is 0. The maximum atomic E-state index is 10.3. The third-order valence-corrected chi connectivity index (χ3v) is 5.13. The molecule has 2 aromatic rings. The molecule has 1 heterocycles. The highest BCUT2D eigenvalue weighted by molar-refractivity contribution is 5.85. The quantitative estimate of drug-likeness (QED) is 0.822. The molecule has 1 aliphatic rings. The van der Waals surface area contributed by atoms with Gasteiger partial charge in [0.25, 0.3) is 0 Å². The molecule has 0 spiro atoms. The van der Waals surface area contributed by atoms with Gasteiger partial charge < -0.3 is 10.0 Å². The standard InChI is InChI=1S/C21H27NO.ClH/c1-16-10-13-21(23)20(15-16)19-9-4-3-7-17(19)11-12-18-8-5-6-14-22(18)2;/h3-4,7,9-10,13,15,18,23H,5-6,8,11-12,14H2,1-2H3;1H. The summed E-state index contributed by atoms with van der Waals surface area (Å²) < 4.78 is 0. The zero-order valence-electron chi connectivity index (χ0n) is 14.7. The number of nitrogens with zero attached hydrogens (tertiary/aromatic N) is 1. The monoisotopic (exact) mass is 345 g/mol. The minimum absolute atomic E-state index is 0. The van der Waals surface area contributed by atoms with Crippen molar-refractivity contribution in [2.45, 2.75) is 45.1 Å². The maximum Gasteiger partial charge on any atom is 0.123 e. The number of hydrogen-bond acceptors (Lipinski definition) is 2. The summed E-state index contributed by atoms with van der Waals surface area (Å²) in [6.07, 6.45) is 6.27. The number of halogens is 1. The second kappa shape index (κ2) is 8.55. The van der Waals surface area contributed by atoms with Gasteiger partial charge in [-0.05, 0) is 69.5 Å². The van der Waals surface area contributed by atoms with Crippen LogP contribution >= 0.6 is 12.4 Å². The van der Waals surface area contributed by atoms with E-state index in [1.807, 2.05) is 6.07 Å². The van der Waals surface area contributed by atoms with Gasteiger partial charge in [-0.1, -0.05) is 42.3 Å². The molecule has 3 rings (SSSR count). The van der Waals surface area contributed by atoms with E-state index in [0.29, 0.717) is 11.8 Å². The molecule has 0 aromatic heterocycles. The first kappa shape index (κ1) is 18.8. The number of likely N-dealkylation sites (tertiary alicyclic amines) is 1. The van der Waals surface area contributed by atoms with Crippen molar-refractivity contribution < 1.29 is 5.11 Å². The summed E-state index contributed by atoms with van der Waals surface area (Å²) in [5.41, 5.74) is 4.65. The summed E-state index contributed by atoms with van der Waals surface area (Å²) in [6, 6.07) is 15.1. The second-order valence-electron chi connectivity index (χ2n) is 6.85. The molecule has 130 valence electrons. The SMILES string of the molecule is Cc1ccc(O)c(-c2ccccc2CCC2CCCCN2C)c1.Cl. The molecule has 0 amide bonds. The van der Waals surface area contributed by atoms with Crippen LogP contribution in [0, 0.1) is 6.92 Å². The highest BCUT2D eigenvalue weighted by atomic mass is 35.5. The average molecular weight is 346 g/mol. The first-order valence-corrected chi connectivity index (χ1v) is 8.73. The summed E-state index contributed by atoms with van der Waals surface area (Å²) in [5, 5.41) is 10.3. The smallest absolute Gasteiger partial charge is 0.123 e. The van der Waals surface area contributed by atoms with Crippen LogP contribution in [-0.4, -0.2) is 29.6 Å². The number of rotatable bonds is 4. The Bertz CT molecular complexity index is 671. The minimum atomic E-state index is 0. The van der Waals surface area contributed by atoms with Gasteiger partial charge in [-0.25, -0.2) is 0 Å². The molecule has 0 radical (unpaired) electrons. The molecule has 1 fully saturated rings. The van der Waals surface area contributed by atoms with Crippen LogP contribution in [0.1, 0.15) is 36.8 Å². The molecule has 2 aromatic carbocycles. The second-order valence-corrected chi connectivity index (χ2v) is 6.85. The Hall–Kier alpha value is -1.51. The van der Waals surface area contributed by atoms with E-state index in [2.05, 4.69) is 49.2 Å². The van der Waals surface area contributed by atoms with Crippen LogP contribution in [0.15, 0.2) is 42.5 Å². The highest BCUT2D eigenvalue weighted by Gasteiger charge is 2.19. The molecular weight excluding hydrogens is 318 g/mol. The first-order chi connectivity index (χ1) is 11.1. The van der Waals surface area contributed by atoms with Gasteiger partial charge in [-0.2, -0.15) is 0 Å². The largest absolute Gasteiger partial charge is 0.507 e. The number of benzene rings is 2. The van der Waals surface area contributed by atoms with Gasteiger partial charge in [0.2, 0.25) is 0 Å². The fourth-order valence-electron chi connectivity index (χ4n) is 3.70. The van der Waals surface area contributed by atoms with E-state index in [-0.39, 0.29) is 12.4 Å². The van der Waals surface area contributed by atoms with Crippen LogP contribution in [0.2, 0.25) is 0 Å². The molecule has 1 unspecified atom stereocenters. The molecular formula is C21H28ClNO. The Kier molecular flexibility index (Phi) is 6.70. The van der Waals surface area contributed by atoms with E-state index in [1.165, 1.54) is 48.9 Å². The summed E-state index contributed by atoms with van der Waals surface area (Å²) in [5.74, 6) is 0.373. The van der Waals surface area contributed by atoms with Gasteiger partial charge in [0.15, 0.2) is 0 Å². The van der Waals surface area contributed by atoms with Gasteiger partial charge in [0.05, 0.1) is 0 Å². The summed E-state index contributed by atoms with van der Waals surface area (Å²) in [6.45, 7) is 3.30. The van der Waals surface area contributed by atoms with Crippen LogP contribution in [0.5, 0.6) is 5.75 Å². The zero-order chi connectivity index (χ0) is 16.2. The van der Waals surface area contributed by atoms with Crippen molar-refractivity contribution in [1.29, 1.82) is 0 Å². The Balaban J connectivity index is 0.00000208. The lowest BCUT2D eigenvalue weighted by atomic mass is 9.91. The first-order valence-electron chi connectivity index (χ1n) is 8.73. The van der Waals surface area contributed by atoms with E-state index < -0.39 is 0 Å². The number of hydrogen-bond donors (Lipinski definition) is 1. The lowest BCUT2D eigenvalue weighted by Gasteiger charge is -2.32. The van der Waals surface area contributed by atoms with Crippen LogP contribution < -0.4 is 0 Å². The average Bonchev–Trinajstić information content (AvgIpc) is 2.57. The lowest BCUT2D eigenvalue weighted by Crippen LogP contribution is -2.36. The molecule has 3 heteroatoms. The van der Waals surface area contributed by atoms with Gasteiger partial charge in [0.1, 0.15) is 5.75 Å². The van der Waals surface area contributed by atoms with Crippen molar-refractivity contribution >= 4 is 12.4 Å². The molecule has 0 bridgehead atoms. The fraction of sp³-hybridized carbons (Fsp3) is 0.429. The van der Waals surface area contributed by atoms with E-state index >= 15 is 0 Å². The van der Waals surface area contributed by atoms with Crippen LogP contribution in [0.3, 0.4) is 0 Å². The molecule has 2 nitrogen and oxygen atoms in total. The molecule has 0 aliphatic carbocycles. The molecule has 1 aliphatic heterocycles. The lowest BCUT2D eigenvalue weighted by molar-refractivity contribution is 0.176. The van der Waals surface area contributed by atoms with Crippen molar-refractivity contribution in [1.82, 2.24) is 4.90 Å². The summed E-state index contributed by atoms with van der Waals surface area (Å²) in [4.78, 5) is 2.51. The topological polar surface area (TPSA) is 23.5 Å². The number of phenols is 1. The molecule has 24 heavy (non-hydrogen) atoms. The van der Waals surface area contributed by atoms with Gasteiger partial charge in [0, 0.05) is 11.6 Å². The predicted molar refractivity (Wildman–Crippen MR) is 104 cm³/mol. The Labute approximate surface area is 151 Å². The van der Waals surface area contributed by atoms with E-state index in [4.69, 9.17) is 0 Å². The van der Waals surface area contributed by atoms with Crippen molar-refractivity contribution in [3.8, 4) is 16.9 Å². The van der Waals surface area contributed by atoms with Crippen molar-refractivity contribution in [3.63, 3.8) is 0 Å². The zero-order valence-corrected chi connectivity index (χ0v) is 15.5. The highest BCUT2D eigenvalue weighted by Crippen LogP contribution is 2.33. The van der Waals surface area contributed by atoms with Gasteiger partial charge in [-0.15, -0.1) is 12.4 Å². The van der Waals surface area contributed by atoms with Crippen molar-refractivity contribution in [2.75, 3.05) is 13.6 Å². The van der Waals surface area contributed by atoms with Crippen LogP contribution in [-0.2, 0) is 6.42 Å². The number of piperidine rings is 1. The molecule has 1 saturated heterocycles. The Morgan fingerprint density at radius 1 is 1.08 bits per heavy atom. The predicted octanol–water partition coefficient (Wildman–Crippen LogP) is 5.21. The normalized spacial score (nSPS) is 18.2. The minimum Gasteiger partial charge on any atom is -0.507 e. The van der Waals surface area contributed by atoms with E-state index in [9.17, 15) is 5.11 Å². The Morgan fingerprint density at radius 2 is 1.88 bits per heavy atom. The third-order valence-electron chi connectivity index (χ3n) is 5.13. The number of aryl methyl sites for hydroxylation is 2. The number of aromatic hydroxyl groups is 1. The maximum absolute atomic E-state index is 10.3. The number of phenolic OH excluding ortho intramolecular Hbond substituents is 1. The van der Waals surface area contributed by atoms with E-state index in [1.54, 1.807) is 6.07 Å². The van der Waals surface area contributed by atoms with E-state index in [0.717, 1.165) is 12.0 Å². The molecule has 1 N–H and O–H groups in total. The van der Waals surface area contributed by atoms with Gasteiger partial charge >= 0.3 is 0 Å². The van der Waals surface area contributed by atoms with Crippen LogP contribution in [0.4, 0.5) is 0 Å². The van der Waals surface area contributed by atoms with Gasteiger partial charge in [-0.3, -0.25) is 0 Å². The Morgan fingerprint density at radius 3 is 2.67 bits per heavy atom. The molecule has 1 atom stereocenters. The fourth-order valence-corrected chi connectivity index (χ4v) is 3.70. The van der Waals surface area contributed by atoms with Crippen LogP contribution in [0.25, 0.3) is 11.1 Å².